The summed E-state index contributed by atoms with van der Waals surface area (Å²) in [6, 6.07) is 12.9. The van der Waals surface area contributed by atoms with Crippen LogP contribution in [0.2, 0.25) is 19.1 Å². The quantitative estimate of drug-likeness (QED) is 0.140. The van der Waals surface area contributed by atoms with Gasteiger partial charge in [0.25, 0.3) is 6.43 Å². The van der Waals surface area contributed by atoms with Crippen LogP contribution in [-0.4, -0.2) is 55.1 Å². The van der Waals surface area contributed by atoms with Crippen molar-refractivity contribution in [1.82, 2.24) is 14.1 Å². The molecule has 2 aromatic carbocycles. The first kappa shape index (κ1) is 28.9. The van der Waals surface area contributed by atoms with Crippen LogP contribution in [0.15, 0.2) is 47.4 Å². The fourth-order valence-corrected chi connectivity index (χ4v) is 4.92. The molecule has 2 heterocycles. The summed E-state index contributed by atoms with van der Waals surface area (Å²) in [4.78, 5) is 30.4. The highest BCUT2D eigenvalue weighted by Crippen LogP contribution is 2.28. The molecule has 0 bridgehead atoms. The van der Waals surface area contributed by atoms with Crippen LogP contribution in [0, 0.1) is 11.3 Å². The van der Waals surface area contributed by atoms with Gasteiger partial charge in [0.05, 0.1) is 35.3 Å². The van der Waals surface area contributed by atoms with Gasteiger partial charge in [-0.1, -0.05) is 25.2 Å². The number of hydrogen-bond donors (Lipinski definition) is 0. The van der Waals surface area contributed by atoms with Crippen LogP contribution in [0.4, 0.5) is 8.78 Å². The van der Waals surface area contributed by atoms with Gasteiger partial charge in [-0.2, -0.15) is 5.26 Å². The average molecular weight is 569 g/mol. The third kappa shape index (κ3) is 6.38. The number of nitriles is 1. The number of pyridine rings is 1. The number of carbonyl (C=O) groups is 1. The van der Waals surface area contributed by atoms with Crippen molar-refractivity contribution in [2.45, 2.75) is 45.8 Å². The van der Waals surface area contributed by atoms with E-state index in [1.165, 1.54) is 12.3 Å². The molecule has 4 aromatic rings. The van der Waals surface area contributed by atoms with Gasteiger partial charge in [-0.3, -0.25) is 4.79 Å². The number of alkyl halides is 2. The largest absolute Gasteiger partial charge is 0.486 e. The van der Waals surface area contributed by atoms with Crippen molar-refractivity contribution in [3.63, 3.8) is 0 Å². The van der Waals surface area contributed by atoms with Crippen LogP contribution in [0.25, 0.3) is 21.9 Å². The number of ether oxygens (including phenoxy) is 3. The second kappa shape index (κ2) is 12.8. The summed E-state index contributed by atoms with van der Waals surface area (Å²) in [5, 5.41) is 10.0. The SMILES string of the molecule is CCOC(=O)c1cn(Cc2nc3cc(OCC(F)F)c(C#N)cc3n2COCC[SiH](C)C)c2ccccc2c1=O. The van der Waals surface area contributed by atoms with Crippen LogP contribution in [-0.2, 0) is 22.7 Å². The molecule has 0 saturated heterocycles. The molecule has 2 aromatic heterocycles. The van der Waals surface area contributed by atoms with Gasteiger partial charge in [-0.25, -0.2) is 18.6 Å². The number of aromatic nitrogens is 3. The zero-order valence-electron chi connectivity index (χ0n) is 22.5. The molecule has 4 rings (SSSR count). The molecule has 0 unspecified atom stereocenters. The fraction of sp³-hybridized carbons (Fsp3) is 0.357. The highest BCUT2D eigenvalue weighted by molar-refractivity contribution is 6.55. The Hall–Kier alpha value is -4.08. The molecule has 0 saturated carbocycles. The molecule has 210 valence electrons. The topological polar surface area (TPSA) is 108 Å². The van der Waals surface area contributed by atoms with Crippen LogP contribution >= 0.6 is 0 Å². The highest BCUT2D eigenvalue weighted by atomic mass is 28.3. The highest BCUT2D eigenvalue weighted by Gasteiger charge is 2.20. The van der Waals surface area contributed by atoms with Crippen LogP contribution < -0.4 is 10.2 Å². The number of nitrogens with zero attached hydrogens (tertiary/aromatic N) is 4. The van der Waals surface area contributed by atoms with Crippen LogP contribution in [0.5, 0.6) is 5.75 Å². The smallest absolute Gasteiger partial charge is 0.343 e. The second-order valence-electron chi connectivity index (χ2n) is 9.56. The summed E-state index contributed by atoms with van der Waals surface area (Å²) in [5.41, 5.74) is 1.14. The van der Waals surface area contributed by atoms with Gasteiger partial charge in [0.15, 0.2) is 0 Å². The minimum Gasteiger partial charge on any atom is -0.486 e. The Morgan fingerprint density at radius 1 is 1.20 bits per heavy atom. The second-order valence-corrected chi connectivity index (χ2v) is 12.9. The van der Waals surface area contributed by atoms with Crippen molar-refractivity contribution >= 4 is 36.7 Å². The lowest BCUT2D eigenvalue weighted by atomic mass is 10.1. The number of hydrogen-bond acceptors (Lipinski definition) is 7. The van der Waals surface area contributed by atoms with E-state index >= 15 is 0 Å². The summed E-state index contributed by atoms with van der Waals surface area (Å²) in [5.74, 6) is -0.201. The lowest BCUT2D eigenvalue weighted by Gasteiger charge is -2.15. The first-order chi connectivity index (χ1) is 19.2. The van der Waals surface area contributed by atoms with Gasteiger partial charge >= 0.3 is 5.97 Å². The molecule has 0 radical (unpaired) electrons. The molecule has 0 aliphatic heterocycles. The van der Waals surface area contributed by atoms with Crippen LogP contribution in [0.3, 0.4) is 0 Å². The normalized spacial score (nSPS) is 11.4. The maximum absolute atomic E-state index is 13.1. The number of imidazole rings is 1. The summed E-state index contributed by atoms with van der Waals surface area (Å²) in [7, 11) is -0.839. The number of carbonyl (C=O) groups excluding carboxylic acids is 1. The van der Waals surface area contributed by atoms with E-state index in [-0.39, 0.29) is 36.8 Å². The first-order valence-corrected chi connectivity index (χ1v) is 16.1. The fourth-order valence-electron chi connectivity index (χ4n) is 4.28. The van der Waals surface area contributed by atoms with Crippen molar-refractivity contribution in [1.29, 1.82) is 5.26 Å². The van der Waals surface area contributed by atoms with E-state index in [2.05, 4.69) is 13.1 Å². The van der Waals surface area contributed by atoms with Gasteiger partial charge in [-0.15, -0.1) is 0 Å². The number of benzene rings is 2. The maximum atomic E-state index is 13.1. The lowest BCUT2D eigenvalue weighted by Crippen LogP contribution is -2.22. The number of para-hydroxylation sites is 1. The van der Waals surface area contributed by atoms with E-state index in [4.69, 9.17) is 19.2 Å². The van der Waals surface area contributed by atoms with Gasteiger partial charge in [0.1, 0.15) is 36.5 Å². The average Bonchev–Trinajstić information content (AvgIpc) is 3.26. The van der Waals surface area contributed by atoms with E-state index in [1.54, 1.807) is 46.4 Å². The number of esters is 1. The van der Waals surface area contributed by atoms with E-state index in [0.717, 1.165) is 6.04 Å². The Bertz CT molecular complexity index is 1630. The molecular formula is C28H30F2N4O5Si. The van der Waals surface area contributed by atoms with E-state index in [1.807, 2.05) is 6.07 Å². The van der Waals surface area contributed by atoms with E-state index < -0.39 is 33.2 Å². The first-order valence-electron chi connectivity index (χ1n) is 12.9. The van der Waals surface area contributed by atoms with Crippen molar-refractivity contribution < 1.29 is 27.8 Å². The maximum Gasteiger partial charge on any atom is 0.343 e. The molecule has 40 heavy (non-hydrogen) atoms. The third-order valence-corrected chi connectivity index (χ3v) is 7.66. The van der Waals surface area contributed by atoms with Gasteiger partial charge in [0, 0.05) is 33.1 Å². The molecule has 0 aliphatic rings. The molecule has 12 heteroatoms. The summed E-state index contributed by atoms with van der Waals surface area (Å²) in [6.45, 7) is 6.21. The van der Waals surface area contributed by atoms with Crippen molar-refractivity contribution in [2.75, 3.05) is 19.8 Å². The number of fused-ring (bicyclic) bond motifs is 2. The molecule has 0 atom stereocenters. The molecule has 0 N–H and O–H groups in total. The minimum atomic E-state index is -2.70. The Kier molecular flexibility index (Phi) is 9.29. The molecule has 0 fully saturated rings. The Morgan fingerprint density at radius 3 is 2.67 bits per heavy atom. The zero-order valence-corrected chi connectivity index (χ0v) is 23.7. The molecule has 0 amide bonds. The van der Waals surface area contributed by atoms with E-state index in [9.17, 15) is 23.6 Å². The van der Waals surface area contributed by atoms with Crippen molar-refractivity contribution in [3.05, 3.63) is 69.8 Å². The number of halogens is 2. The Morgan fingerprint density at radius 2 is 1.98 bits per heavy atom. The van der Waals surface area contributed by atoms with Gasteiger partial charge < -0.3 is 23.3 Å². The van der Waals surface area contributed by atoms with Gasteiger partial charge in [0.2, 0.25) is 5.43 Å². The summed E-state index contributed by atoms with van der Waals surface area (Å²) >= 11 is 0. The summed E-state index contributed by atoms with van der Waals surface area (Å²) < 4.78 is 45.4. The Balaban J connectivity index is 1.84. The molecule has 9 nitrogen and oxygen atoms in total. The predicted molar refractivity (Wildman–Crippen MR) is 149 cm³/mol. The predicted octanol–water partition coefficient (Wildman–Crippen LogP) is 4.55. The minimum absolute atomic E-state index is 0.0108. The van der Waals surface area contributed by atoms with Gasteiger partial charge in [-0.05, 0) is 31.2 Å². The molecular weight excluding hydrogens is 538 g/mol. The summed E-state index contributed by atoms with van der Waals surface area (Å²) in [6.07, 6.45) is -1.24. The standard InChI is InChI=1S/C28H30F2N4O5Si/c1-4-38-28(36)20-14-33(22-8-6-5-7-19(22)27(20)35)15-26-32-21-12-24(39-16-25(29)30)18(13-31)11-23(21)34(26)17-37-9-10-40(2)3/h5-8,11-12,14,25,40H,4,9-10,15-17H2,1-3H3. The molecule has 0 aliphatic carbocycles. The van der Waals surface area contributed by atoms with Crippen LogP contribution in [0.1, 0.15) is 28.7 Å². The van der Waals surface area contributed by atoms with Crippen molar-refractivity contribution in [2.24, 2.45) is 0 Å². The Labute approximate surface area is 231 Å². The lowest BCUT2D eigenvalue weighted by molar-refractivity contribution is 0.0524. The van der Waals surface area contributed by atoms with Crippen molar-refractivity contribution in [3.8, 4) is 11.8 Å². The monoisotopic (exact) mass is 568 g/mol. The molecule has 0 spiro atoms. The van der Waals surface area contributed by atoms with E-state index in [0.29, 0.717) is 34.4 Å². The third-order valence-electron chi connectivity index (χ3n) is 6.27. The zero-order chi connectivity index (χ0) is 28.8. The number of rotatable bonds is 12.